The van der Waals surface area contributed by atoms with Crippen molar-refractivity contribution in [3.63, 3.8) is 0 Å². The van der Waals surface area contributed by atoms with Crippen LogP contribution in [-0.2, 0) is 9.47 Å². The molecule has 104 valence electrons. The van der Waals surface area contributed by atoms with E-state index in [-0.39, 0.29) is 12.1 Å². The van der Waals surface area contributed by atoms with Crippen molar-refractivity contribution in [1.82, 2.24) is 4.90 Å². The Morgan fingerprint density at radius 3 is 2.67 bits per heavy atom. The van der Waals surface area contributed by atoms with Crippen LogP contribution < -0.4 is 0 Å². The highest BCUT2D eigenvalue weighted by molar-refractivity contribution is 6.18. The van der Waals surface area contributed by atoms with Crippen LogP contribution in [0, 0.1) is 0 Å². The highest BCUT2D eigenvalue weighted by Gasteiger charge is 2.44. The number of hydrogen-bond donors (Lipinski definition) is 0. The number of alkyl halides is 1. The lowest BCUT2D eigenvalue weighted by Crippen LogP contribution is -2.49. The molecule has 4 nitrogen and oxygen atoms in total. The van der Waals surface area contributed by atoms with Crippen molar-refractivity contribution in [3.05, 3.63) is 12.2 Å². The zero-order valence-corrected chi connectivity index (χ0v) is 12.5. The summed E-state index contributed by atoms with van der Waals surface area (Å²) in [5.41, 5.74) is -1.18. The van der Waals surface area contributed by atoms with Crippen LogP contribution in [0.15, 0.2) is 12.2 Å². The molecule has 5 heteroatoms. The monoisotopic (exact) mass is 275 g/mol. The second-order valence-corrected chi connectivity index (χ2v) is 6.07. The average molecular weight is 276 g/mol. The molecule has 1 aliphatic rings. The van der Waals surface area contributed by atoms with E-state index in [1.54, 1.807) is 4.90 Å². The van der Waals surface area contributed by atoms with Crippen LogP contribution in [0.25, 0.3) is 0 Å². The number of halogens is 1. The number of carbonyl (C=O) groups excluding carboxylic acids is 1. The zero-order chi connectivity index (χ0) is 14.0. The van der Waals surface area contributed by atoms with Crippen molar-refractivity contribution >= 4 is 17.7 Å². The molecule has 0 bridgehead atoms. The SMILES string of the molecule is CC(C)(C)OC(=O)N1[C@@H](/C=C/CCl)COC1(C)C. The second-order valence-electron chi connectivity index (χ2n) is 5.76. The van der Waals surface area contributed by atoms with Crippen LogP contribution in [0.1, 0.15) is 34.6 Å². The van der Waals surface area contributed by atoms with Gasteiger partial charge in [-0.05, 0) is 34.6 Å². The number of allylic oxidation sites excluding steroid dienone is 1. The van der Waals surface area contributed by atoms with Gasteiger partial charge in [-0.1, -0.05) is 12.2 Å². The Labute approximate surface area is 114 Å². The minimum atomic E-state index is -0.663. The van der Waals surface area contributed by atoms with E-state index in [0.717, 1.165) is 0 Å². The third-order valence-corrected chi connectivity index (χ3v) is 2.73. The Bertz CT molecular complexity index is 334. The highest BCUT2D eigenvalue weighted by atomic mass is 35.5. The summed E-state index contributed by atoms with van der Waals surface area (Å²) in [6.45, 7) is 9.70. The first-order valence-corrected chi connectivity index (χ1v) is 6.60. The molecule has 1 heterocycles. The fourth-order valence-electron chi connectivity index (χ4n) is 1.85. The molecule has 1 saturated heterocycles. The number of ether oxygens (including phenoxy) is 2. The van der Waals surface area contributed by atoms with E-state index in [4.69, 9.17) is 21.1 Å². The Kier molecular flexibility index (Phi) is 4.67. The molecule has 1 rings (SSSR count). The van der Waals surface area contributed by atoms with Gasteiger partial charge < -0.3 is 9.47 Å². The minimum Gasteiger partial charge on any atom is -0.444 e. The standard InChI is InChI=1S/C13H22ClNO3/c1-12(2,3)18-11(16)15-10(7-6-8-14)9-17-13(15,4)5/h6-7,10H,8-9H2,1-5H3/b7-6+/t10-/m0/s1. The van der Waals surface area contributed by atoms with Gasteiger partial charge in [0.15, 0.2) is 0 Å². The van der Waals surface area contributed by atoms with Gasteiger partial charge in [0.25, 0.3) is 0 Å². The summed E-state index contributed by atoms with van der Waals surface area (Å²) in [6.07, 6.45) is 3.33. The molecule has 0 N–H and O–H groups in total. The molecule has 0 aromatic carbocycles. The minimum absolute atomic E-state index is 0.131. The van der Waals surface area contributed by atoms with Gasteiger partial charge in [-0.15, -0.1) is 11.6 Å². The average Bonchev–Trinajstić information content (AvgIpc) is 2.48. The molecule has 0 aromatic rings. The second kappa shape index (κ2) is 5.49. The number of amides is 1. The Hall–Kier alpha value is -0.740. The fraction of sp³-hybridized carbons (Fsp3) is 0.769. The molecule has 0 radical (unpaired) electrons. The molecule has 18 heavy (non-hydrogen) atoms. The normalized spacial score (nSPS) is 23.7. The van der Waals surface area contributed by atoms with Gasteiger partial charge in [-0.3, -0.25) is 4.90 Å². The van der Waals surface area contributed by atoms with Gasteiger partial charge >= 0.3 is 6.09 Å². The molecule has 0 aliphatic carbocycles. The maximum absolute atomic E-state index is 12.2. The maximum Gasteiger partial charge on any atom is 0.413 e. The van der Waals surface area contributed by atoms with Gasteiger partial charge in [0.05, 0.1) is 12.6 Å². The van der Waals surface area contributed by atoms with E-state index in [9.17, 15) is 4.79 Å². The lowest BCUT2D eigenvalue weighted by atomic mass is 10.2. The van der Waals surface area contributed by atoms with Crippen molar-refractivity contribution in [3.8, 4) is 0 Å². The van der Waals surface area contributed by atoms with E-state index in [1.807, 2.05) is 46.8 Å². The van der Waals surface area contributed by atoms with Gasteiger partial charge in [-0.25, -0.2) is 4.79 Å². The Morgan fingerprint density at radius 1 is 1.56 bits per heavy atom. The van der Waals surface area contributed by atoms with Crippen molar-refractivity contribution in [2.45, 2.75) is 52.0 Å². The smallest absolute Gasteiger partial charge is 0.413 e. The predicted molar refractivity (Wildman–Crippen MR) is 71.8 cm³/mol. The number of rotatable bonds is 2. The Balaban J connectivity index is 2.85. The molecule has 0 spiro atoms. The topological polar surface area (TPSA) is 38.8 Å². The van der Waals surface area contributed by atoms with Gasteiger partial charge in [0.2, 0.25) is 0 Å². The molecule has 0 unspecified atom stereocenters. The van der Waals surface area contributed by atoms with E-state index >= 15 is 0 Å². The summed E-state index contributed by atoms with van der Waals surface area (Å²) in [6, 6.07) is -0.131. The van der Waals surface area contributed by atoms with Gasteiger partial charge in [-0.2, -0.15) is 0 Å². The summed E-state index contributed by atoms with van der Waals surface area (Å²) in [5, 5.41) is 0. The van der Waals surface area contributed by atoms with Gasteiger partial charge in [0, 0.05) is 5.88 Å². The van der Waals surface area contributed by atoms with E-state index in [2.05, 4.69) is 0 Å². The number of carbonyl (C=O) groups is 1. The van der Waals surface area contributed by atoms with Crippen LogP contribution in [0.5, 0.6) is 0 Å². The molecular weight excluding hydrogens is 254 g/mol. The molecule has 1 amide bonds. The first kappa shape index (κ1) is 15.3. The predicted octanol–water partition coefficient (Wildman–Crippen LogP) is 3.15. The van der Waals surface area contributed by atoms with Crippen LogP contribution >= 0.6 is 11.6 Å². The first-order chi connectivity index (χ1) is 8.17. The molecule has 1 atom stereocenters. The van der Waals surface area contributed by atoms with Gasteiger partial charge in [0.1, 0.15) is 11.3 Å². The number of nitrogens with zero attached hydrogens (tertiary/aromatic N) is 1. The molecule has 1 aliphatic heterocycles. The molecule has 0 aromatic heterocycles. The van der Waals surface area contributed by atoms with Crippen molar-refractivity contribution in [2.24, 2.45) is 0 Å². The van der Waals surface area contributed by atoms with Crippen molar-refractivity contribution in [1.29, 1.82) is 0 Å². The van der Waals surface area contributed by atoms with Crippen molar-refractivity contribution < 1.29 is 14.3 Å². The number of hydrogen-bond acceptors (Lipinski definition) is 3. The third kappa shape index (κ3) is 3.89. The lowest BCUT2D eigenvalue weighted by Gasteiger charge is -2.34. The lowest BCUT2D eigenvalue weighted by molar-refractivity contribution is -0.0610. The van der Waals surface area contributed by atoms with Crippen LogP contribution in [0.3, 0.4) is 0 Å². The van der Waals surface area contributed by atoms with Crippen LogP contribution in [0.4, 0.5) is 4.79 Å². The summed E-state index contributed by atoms with van der Waals surface area (Å²) >= 11 is 5.62. The van der Waals surface area contributed by atoms with Crippen molar-refractivity contribution in [2.75, 3.05) is 12.5 Å². The fourth-order valence-corrected chi connectivity index (χ4v) is 1.95. The molecule has 0 saturated carbocycles. The van der Waals surface area contributed by atoms with E-state index in [0.29, 0.717) is 12.5 Å². The summed E-state index contributed by atoms with van der Waals surface area (Å²) in [5.74, 6) is 0.416. The van der Waals surface area contributed by atoms with E-state index in [1.165, 1.54) is 0 Å². The summed E-state index contributed by atoms with van der Waals surface area (Å²) in [7, 11) is 0. The highest BCUT2D eigenvalue weighted by Crippen LogP contribution is 2.29. The third-order valence-electron chi connectivity index (χ3n) is 2.56. The van der Waals surface area contributed by atoms with E-state index < -0.39 is 11.3 Å². The molecule has 1 fully saturated rings. The zero-order valence-electron chi connectivity index (χ0n) is 11.7. The van der Waals surface area contributed by atoms with Crippen LogP contribution in [0.2, 0.25) is 0 Å². The maximum atomic E-state index is 12.2. The Morgan fingerprint density at radius 2 is 2.17 bits per heavy atom. The largest absolute Gasteiger partial charge is 0.444 e. The first-order valence-electron chi connectivity index (χ1n) is 6.06. The molecular formula is C13H22ClNO3. The quantitative estimate of drug-likeness (QED) is 0.574. The summed E-state index contributed by atoms with van der Waals surface area (Å²) < 4.78 is 11.0. The van der Waals surface area contributed by atoms with Crippen LogP contribution in [-0.4, -0.2) is 40.8 Å². The summed E-state index contributed by atoms with van der Waals surface area (Å²) in [4.78, 5) is 13.8.